The topological polar surface area (TPSA) is 58.1 Å². The van der Waals surface area contributed by atoms with E-state index in [2.05, 4.69) is 27.1 Å². The van der Waals surface area contributed by atoms with Crippen LogP contribution in [0.3, 0.4) is 0 Å². The lowest BCUT2D eigenvalue weighted by Gasteiger charge is -2.15. The standard InChI is InChI=1S/C14H22N4O/c1-3-13-16-7-12(8-17-13)10-18-5-4-11(9-18)6-14(19)15-2/h7-8,11H,3-6,9-10H2,1-2H3,(H,15,19)/t11-/m0/s1. The molecular formula is C14H22N4O. The number of nitrogens with one attached hydrogen (secondary N) is 1. The molecule has 1 aliphatic rings. The fourth-order valence-electron chi connectivity index (χ4n) is 2.49. The van der Waals surface area contributed by atoms with Gasteiger partial charge in [-0.15, -0.1) is 0 Å². The van der Waals surface area contributed by atoms with Crippen LogP contribution in [0.1, 0.15) is 31.2 Å². The number of hydrogen-bond acceptors (Lipinski definition) is 4. The monoisotopic (exact) mass is 262 g/mol. The summed E-state index contributed by atoms with van der Waals surface area (Å²) >= 11 is 0. The maximum absolute atomic E-state index is 11.4. The predicted octanol–water partition coefficient (Wildman–Crippen LogP) is 0.997. The highest BCUT2D eigenvalue weighted by atomic mass is 16.1. The molecule has 104 valence electrons. The van der Waals surface area contributed by atoms with Crippen molar-refractivity contribution in [2.24, 2.45) is 5.92 Å². The van der Waals surface area contributed by atoms with Gasteiger partial charge in [0.2, 0.25) is 5.91 Å². The minimum atomic E-state index is 0.141. The van der Waals surface area contributed by atoms with Crippen LogP contribution in [-0.4, -0.2) is 40.9 Å². The molecule has 2 heterocycles. The highest BCUT2D eigenvalue weighted by Crippen LogP contribution is 2.21. The van der Waals surface area contributed by atoms with Crippen molar-refractivity contribution in [3.63, 3.8) is 0 Å². The Labute approximate surface area is 114 Å². The third-order valence-corrected chi connectivity index (χ3v) is 3.60. The number of aryl methyl sites for hydroxylation is 1. The first-order valence-electron chi connectivity index (χ1n) is 6.94. The molecule has 0 unspecified atom stereocenters. The van der Waals surface area contributed by atoms with Crippen LogP contribution in [0, 0.1) is 5.92 Å². The average Bonchev–Trinajstić information content (AvgIpc) is 2.86. The summed E-state index contributed by atoms with van der Waals surface area (Å²) in [6.45, 7) is 4.98. The minimum absolute atomic E-state index is 0.141. The number of nitrogens with zero attached hydrogens (tertiary/aromatic N) is 3. The van der Waals surface area contributed by atoms with Crippen molar-refractivity contribution >= 4 is 5.91 Å². The van der Waals surface area contributed by atoms with E-state index in [1.807, 2.05) is 12.4 Å². The second-order valence-electron chi connectivity index (χ2n) is 5.13. The van der Waals surface area contributed by atoms with E-state index in [0.29, 0.717) is 12.3 Å². The van der Waals surface area contributed by atoms with Crippen LogP contribution in [-0.2, 0) is 17.8 Å². The summed E-state index contributed by atoms with van der Waals surface area (Å²) in [5, 5.41) is 2.69. The van der Waals surface area contributed by atoms with Gasteiger partial charge < -0.3 is 5.32 Å². The first-order chi connectivity index (χ1) is 9.21. The molecule has 1 amide bonds. The lowest BCUT2D eigenvalue weighted by atomic mass is 10.0. The molecule has 0 aliphatic carbocycles. The van der Waals surface area contributed by atoms with Gasteiger partial charge in [-0.05, 0) is 18.9 Å². The van der Waals surface area contributed by atoms with Crippen LogP contribution in [0.4, 0.5) is 0 Å². The van der Waals surface area contributed by atoms with E-state index >= 15 is 0 Å². The van der Waals surface area contributed by atoms with Gasteiger partial charge in [0.05, 0.1) is 0 Å². The summed E-state index contributed by atoms with van der Waals surface area (Å²) in [6, 6.07) is 0. The second kappa shape index (κ2) is 6.61. The van der Waals surface area contributed by atoms with Gasteiger partial charge in [0.25, 0.3) is 0 Å². The van der Waals surface area contributed by atoms with Crippen LogP contribution in [0.2, 0.25) is 0 Å². The Balaban J connectivity index is 1.82. The average molecular weight is 262 g/mol. The molecule has 0 spiro atoms. The van der Waals surface area contributed by atoms with Crippen molar-refractivity contribution in [3.05, 3.63) is 23.8 Å². The molecule has 0 radical (unpaired) electrons. The quantitative estimate of drug-likeness (QED) is 0.860. The van der Waals surface area contributed by atoms with Gasteiger partial charge in [0.15, 0.2) is 0 Å². The fraction of sp³-hybridized carbons (Fsp3) is 0.643. The first kappa shape index (κ1) is 13.9. The first-order valence-corrected chi connectivity index (χ1v) is 6.94. The zero-order valence-corrected chi connectivity index (χ0v) is 11.7. The Hall–Kier alpha value is -1.49. The molecule has 5 nitrogen and oxygen atoms in total. The van der Waals surface area contributed by atoms with E-state index in [9.17, 15) is 4.79 Å². The van der Waals surface area contributed by atoms with E-state index in [1.54, 1.807) is 7.05 Å². The van der Waals surface area contributed by atoms with Gasteiger partial charge in [-0.2, -0.15) is 0 Å². The Bertz CT molecular complexity index is 418. The maximum Gasteiger partial charge on any atom is 0.220 e. The van der Waals surface area contributed by atoms with Crippen LogP contribution in [0.25, 0.3) is 0 Å². The van der Waals surface area contributed by atoms with Gasteiger partial charge in [-0.3, -0.25) is 9.69 Å². The van der Waals surface area contributed by atoms with E-state index < -0.39 is 0 Å². The third kappa shape index (κ3) is 3.99. The molecule has 0 saturated carbocycles. The lowest BCUT2D eigenvalue weighted by molar-refractivity contribution is -0.121. The molecule has 1 saturated heterocycles. The van der Waals surface area contributed by atoms with Crippen LogP contribution in [0.15, 0.2) is 12.4 Å². The Morgan fingerprint density at radius 3 is 2.84 bits per heavy atom. The Morgan fingerprint density at radius 2 is 2.21 bits per heavy atom. The minimum Gasteiger partial charge on any atom is -0.359 e. The number of likely N-dealkylation sites (tertiary alicyclic amines) is 1. The van der Waals surface area contributed by atoms with Crippen LogP contribution >= 0.6 is 0 Å². The number of rotatable bonds is 5. The SMILES string of the molecule is CCc1ncc(CN2CC[C@@H](CC(=O)NC)C2)cn1. The number of carbonyl (C=O) groups is 1. The number of hydrogen-bond donors (Lipinski definition) is 1. The molecule has 1 atom stereocenters. The normalized spacial score (nSPS) is 19.6. The second-order valence-corrected chi connectivity index (χ2v) is 5.13. The fourth-order valence-corrected chi connectivity index (χ4v) is 2.49. The van der Waals surface area contributed by atoms with E-state index in [0.717, 1.165) is 43.9 Å². The highest BCUT2D eigenvalue weighted by molar-refractivity contribution is 5.75. The smallest absolute Gasteiger partial charge is 0.220 e. The molecule has 5 heteroatoms. The highest BCUT2D eigenvalue weighted by Gasteiger charge is 2.24. The molecule has 1 aliphatic heterocycles. The largest absolute Gasteiger partial charge is 0.359 e. The molecule has 0 bridgehead atoms. The molecular weight excluding hydrogens is 240 g/mol. The van der Waals surface area contributed by atoms with Gasteiger partial charge in [-0.1, -0.05) is 6.92 Å². The van der Waals surface area contributed by atoms with Crippen molar-refractivity contribution in [3.8, 4) is 0 Å². The van der Waals surface area contributed by atoms with Crippen molar-refractivity contribution in [1.82, 2.24) is 20.2 Å². The van der Waals surface area contributed by atoms with Gasteiger partial charge >= 0.3 is 0 Å². The van der Waals surface area contributed by atoms with E-state index in [4.69, 9.17) is 0 Å². The summed E-state index contributed by atoms with van der Waals surface area (Å²) < 4.78 is 0. The lowest BCUT2D eigenvalue weighted by Crippen LogP contribution is -2.24. The zero-order chi connectivity index (χ0) is 13.7. The summed E-state index contributed by atoms with van der Waals surface area (Å²) in [7, 11) is 1.70. The van der Waals surface area contributed by atoms with Crippen molar-refractivity contribution in [2.45, 2.75) is 32.7 Å². The van der Waals surface area contributed by atoms with E-state index in [1.165, 1.54) is 0 Å². The maximum atomic E-state index is 11.4. The molecule has 1 aromatic rings. The number of carbonyl (C=O) groups excluding carboxylic acids is 1. The van der Waals surface area contributed by atoms with Crippen LogP contribution in [0.5, 0.6) is 0 Å². The summed E-state index contributed by atoms with van der Waals surface area (Å²) in [5.74, 6) is 1.51. The molecule has 2 rings (SSSR count). The Kier molecular flexibility index (Phi) is 4.85. The summed E-state index contributed by atoms with van der Waals surface area (Å²) in [4.78, 5) is 22.4. The predicted molar refractivity (Wildman–Crippen MR) is 73.5 cm³/mol. The Morgan fingerprint density at radius 1 is 1.47 bits per heavy atom. The number of amides is 1. The number of aromatic nitrogens is 2. The van der Waals surface area contributed by atoms with E-state index in [-0.39, 0.29) is 5.91 Å². The molecule has 1 aromatic heterocycles. The van der Waals surface area contributed by atoms with Crippen molar-refractivity contribution in [2.75, 3.05) is 20.1 Å². The zero-order valence-electron chi connectivity index (χ0n) is 11.7. The summed E-state index contributed by atoms with van der Waals surface area (Å²) in [5.41, 5.74) is 1.15. The van der Waals surface area contributed by atoms with Gasteiger partial charge in [0, 0.05) is 50.9 Å². The summed E-state index contributed by atoms with van der Waals surface area (Å²) in [6.07, 6.45) is 6.44. The third-order valence-electron chi connectivity index (χ3n) is 3.60. The molecule has 19 heavy (non-hydrogen) atoms. The van der Waals surface area contributed by atoms with Crippen LogP contribution < -0.4 is 5.32 Å². The molecule has 1 N–H and O–H groups in total. The van der Waals surface area contributed by atoms with Gasteiger partial charge in [-0.25, -0.2) is 9.97 Å². The van der Waals surface area contributed by atoms with Crippen molar-refractivity contribution in [1.29, 1.82) is 0 Å². The van der Waals surface area contributed by atoms with Gasteiger partial charge in [0.1, 0.15) is 5.82 Å². The molecule has 1 fully saturated rings. The van der Waals surface area contributed by atoms with Crippen molar-refractivity contribution < 1.29 is 4.79 Å². The molecule has 0 aromatic carbocycles.